The summed E-state index contributed by atoms with van der Waals surface area (Å²) in [6, 6.07) is 2.32. The van der Waals surface area contributed by atoms with Crippen molar-refractivity contribution in [3.8, 4) is 0 Å². The van der Waals surface area contributed by atoms with Gasteiger partial charge >= 0.3 is 5.97 Å². The van der Waals surface area contributed by atoms with E-state index in [0.717, 1.165) is 12.3 Å². The van der Waals surface area contributed by atoms with Gasteiger partial charge < -0.3 is 5.11 Å². The highest BCUT2D eigenvalue weighted by Crippen LogP contribution is 2.00. The minimum Gasteiger partial charge on any atom is -0.477 e. The minimum atomic E-state index is -2.45. The molecule has 0 saturated carbocycles. The van der Waals surface area contributed by atoms with Gasteiger partial charge in [-0.15, -0.1) is 0 Å². The van der Waals surface area contributed by atoms with Gasteiger partial charge in [-0.3, -0.25) is 9.35 Å². The van der Waals surface area contributed by atoms with Gasteiger partial charge in [0.15, 0.2) is 0 Å². The van der Waals surface area contributed by atoms with E-state index in [0.29, 0.717) is 0 Å². The van der Waals surface area contributed by atoms with E-state index in [2.05, 4.69) is 4.98 Å². The molecule has 1 amide bonds. The highest BCUT2D eigenvalue weighted by atomic mass is 32.2. The Kier molecular flexibility index (Phi) is 3.47. The van der Waals surface area contributed by atoms with Crippen LogP contribution in [0.5, 0.6) is 0 Å². The number of carbonyl (C=O) groups excluding carboxylic acids is 1. The molecule has 0 spiro atoms. The molecule has 0 aliphatic heterocycles. The number of carboxylic acid groups (broad SMARTS) is 1. The van der Waals surface area contributed by atoms with E-state index in [9.17, 15) is 13.8 Å². The fourth-order valence-corrected chi connectivity index (χ4v) is 1.07. The van der Waals surface area contributed by atoms with E-state index in [1.807, 2.05) is 0 Å². The molecule has 0 fully saturated rings. The highest BCUT2D eigenvalue weighted by molar-refractivity contribution is 7.77. The molecule has 1 aromatic rings. The fourth-order valence-electron chi connectivity index (χ4n) is 0.793. The van der Waals surface area contributed by atoms with Crippen molar-refractivity contribution >= 4 is 23.1 Å². The van der Waals surface area contributed by atoms with Crippen molar-refractivity contribution in [3.05, 3.63) is 29.6 Å². The Morgan fingerprint density at radius 3 is 2.47 bits per heavy atom. The number of rotatable bonds is 3. The molecular weight excluding hydrogens is 224 g/mol. The highest BCUT2D eigenvalue weighted by Gasteiger charge is 2.10. The van der Waals surface area contributed by atoms with Crippen molar-refractivity contribution in [2.75, 3.05) is 0 Å². The summed E-state index contributed by atoms with van der Waals surface area (Å²) in [5.41, 5.74) is -0.209. The molecule has 0 aliphatic carbocycles. The van der Waals surface area contributed by atoms with Crippen molar-refractivity contribution < 1.29 is 23.5 Å². The van der Waals surface area contributed by atoms with E-state index in [1.165, 1.54) is 6.07 Å². The van der Waals surface area contributed by atoms with Crippen LogP contribution in [0.1, 0.15) is 20.8 Å². The molecule has 1 aromatic heterocycles. The zero-order valence-electron chi connectivity index (χ0n) is 7.21. The third-order valence-electron chi connectivity index (χ3n) is 1.42. The minimum absolute atomic E-state index is 0.00222. The van der Waals surface area contributed by atoms with Crippen LogP contribution in [-0.2, 0) is 11.3 Å². The number of aromatic nitrogens is 1. The van der Waals surface area contributed by atoms with Crippen molar-refractivity contribution in [2.45, 2.75) is 0 Å². The van der Waals surface area contributed by atoms with Gasteiger partial charge in [0.25, 0.3) is 17.2 Å². The van der Waals surface area contributed by atoms with Crippen LogP contribution in [0.15, 0.2) is 18.3 Å². The van der Waals surface area contributed by atoms with Crippen LogP contribution in [-0.4, -0.2) is 30.7 Å². The first-order valence-corrected chi connectivity index (χ1v) is 4.72. The van der Waals surface area contributed by atoms with E-state index in [1.54, 1.807) is 4.72 Å². The van der Waals surface area contributed by atoms with Crippen molar-refractivity contribution in [1.82, 2.24) is 9.71 Å². The van der Waals surface area contributed by atoms with Crippen LogP contribution < -0.4 is 4.72 Å². The third kappa shape index (κ3) is 3.11. The summed E-state index contributed by atoms with van der Waals surface area (Å²) in [5.74, 6) is -2.02. The van der Waals surface area contributed by atoms with Crippen molar-refractivity contribution in [2.24, 2.45) is 0 Å². The zero-order valence-corrected chi connectivity index (χ0v) is 8.02. The smallest absolute Gasteiger partial charge is 0.354 e. The number of hydrogen-bond donors (Lipinski definition) is 3. The maximum absolute atomic E-state index is 11.1. The maximum Gasteiger partial charge on any atom is 0.354 e. The van der Waals surface area contributed by atoms with E-state index < -0.39 is 23.1 Å². The number of carbonyl (C=O) groups is 2. The lowest BCUT2D eigenvalue weighted by molar-refractivity contribution is 0.0689. The third-order valence-corrected chi connectivity index (χ3v) is 1.78. The molecule has 1 rings (SSSR count). The van der Waals surface area contributed by atoms with Gasteiger partial charge in [-0.2, -0.15) is 0 Å². The fraction of sp³-hybridized carbons (Fsp3) is 0. The molecule has 1 heterocycles. The van der Waals surface area contributed by atoms with Crippen LogP contribution in [0.3, 0.4) is 0 Å². The van der Waals surface area contributed by atoms with Gasteiger partial charge in [-0.25, -0.2) is 18.7 Å². The second-order valence-corrected chi connectivity index (χ2v) is 3.12. The van der Waals surface area contributed by atoms with Gasteiger partial charge in [0.05, 0.1) is 5.56 Å². The first-order valence-electron chi connectivity index (χ1n) is 3.62. The number of pyridine rings is 1. The van der Waals surface area contributed by atoms with Crippen LogP contribution in [0.2, 0.25) is 0 Å². The number of hydrogen-bond acceptors (Lipinski definition) is 4. The summed E-state index contributed by atoms with van der Waals surface area (Å²) >= 11 is -2.45. The van der Waals surface area contributed by atoms with Crippen LogP contribution in [0.4, 0.5) is 0 Å². The summed E-state index contributed by atoms with van der Waals surface area (Å²) in [4.78, 5) is 25.0. The van der Waals surface area contributed by atoms with Gasteiger partial charge in [-0.1, -0.05) is 0 Å². The Labute approximate surface area is 86.6 Å². The SMILES string of the molecule is O=C(NS(=O)O)c1ccc(C(=O)O)nc1. The molecule has 1 unspecified atom stereocenters. The predicted molar refractivity (Wildman–Crippen MR) is 49.4 cm³/mol. The number of nitrogens with zero attached hydrogens (tertiary/aromatic N) is 1. The lowest BCUT2D eigenvalue weighted by Crippen LogP contribution is -2.25. The number of carboxylic acids is 1. The van der Waals surface area contributed by atoms with Gasteiger partial charge in [-0.05, 0) is 12.1 Å². The Balaban J connectivity index is 2.84. The summed E-state index contributed by atoms with van der Waals surface area (Å²) in [5, 5.41) is 8.51. The number of aromatic carboxylic acids is 1. The van der Waals surface area contributed by atoms with Gasteiger partial charge in [0.2, 0.25) is 0 Å². The summed E-state index contributed by atoms with van der Waals surface area (Å²) < 4.78 is 20.3. The quantitative estimate of drug-likeness (QED) is 0.611. The molecule has 15 heavy (non-hydrogen) atoms. The van der Waals surface area contributed by atoms with Crippen molar-refractivity contribution in [3.63, 3.8) is 0 Å². The number of amides is 1. The second kappa shape index (κ2) is 4.62. The molecule has 3 N–H and O–H groups in total. The topological polar surface area (TPSA) is 117 Å². The van der Waals surface area contributed by atoms with Crippen molar-refractivity contribution in [1.29, 1.82) is 0 Å². The molecule has 0 aliphatic rings. The molecule has 1 atom stereocenters. The molecular formula is C7H6N2O5S. The molecule has 8 heteroatoms. The predicted octanol–water partition coefficient (Wildman–Crippen LogP) is -0.354. The molecule has 0 saturated heterocycles. The Morgan fingerprint density at radius 2 is 2.07 bits per heavy atom. The van der Waals surface area contributed by atoms with Crippen LogP contribution >= 0.6 is 0 Å². The Morgan fingerprint density at radius 1 is 1.40 bits per heavy atom. The lowest BCUT2D eigenvalue weighted by Gasteiger charge is -1.99. The summed E-state index contributed by atoms with van der Waals surface area (Å²) in [6.45, 7) is 0. The van der Waals surface area contributed by atoms with Gasteiger partial charge in [0.1, 0.15) is 5.69 Å². The standard InChI is InChI=1S/C7H6N2O5S/c10-6(9-15(13)14)4-1-2-5(7(11)12)8-3-4/h1-3H,(H,9,10)(H,11,12)(H,13,14). The molecule has 0 aromatic carbocycles. The van der Waals surface area contributed by atoms with Crippen LogP contribution in [0, 0.1) is 0 Å². The van der Waals surface area contributed by atoms with Gasteiger partial charge in [0, 0.05) is 6.20 Å². The summed E-state index contributed by atoms with van der Waals surface area (Å²) in [7, 11) is 0. The lowest BCUT2D eigenvalue weighted by atomic mass is 10.2. The maximum atomic E-state index is 11.1. The average molecular weight is 230 g/mol. The molecule has 0 radical (unpaired) electrons. The second-order valence-electron chi connectivity index (χ2n) is 2.42. The first kappa shape index (κ1) is 11.3. The van der Waals surface area contributed by atoms with E-state index in [4.69, 9.17) is 9.66 Å². The monoisotopic (exact) mass is 230 g/mol. The Bertz CT molecular complexity index is 416. The zero-order chi connectivity index (χ0) is 11.4. The van der Waals surface area contributed by atoms with E-state index in [-0.39, 0.29) is 11.3 Å². The molecule has 7 nitrogen and oxygen atoms in total. The molecule has 80 valence electrons. The first-order chi connectivity index (χ1) is 7.00. The Hall–Kier alpha value is -1.80. The largest absolute Gasteiger partial charge is 0.477 e. The normalized spacial score (nSPS) is 11.8. The average Bonchev–Trinajstić information content (AvgIpc) is 2.17. The van der Waals surface area contributed by atoms with E-state index >= 15 is 0 Å². The summed E-state index contributed by atoms with van der Waals surface area (Å²) in [6.07, 6.45) is 1.01. The van der Waals surface area contributed by atoms with Crippen LogP contribution in [0.25, 0.3) is 0 Å². The number of nitrogens with one attached hydrogen (secondary N) is 1. The molecule has 0 bridgehead atoms.